The first-order chi connectivity index (χ1) is 14.2. The maximum absolute atomic E-state index is 12.5. The van der Waals surface area contributed by atoms with E-state index < -0.39 is 40.3 Å². The van der Waals surface area contributed by atoms with Gasteiger partial charge in [-0.3, -0.25) is 19.2 Å². The monoisotopic (exact) mass is 408 g/mol. The molecule has 0 aromatic heterocycles. The van der Waals surface area contributed by atoms with Gasteiger partial charge in [0, 0.05) is 0 Å². The number of carbonyl (C=O) groups is 4. The van der Waals surface area contributed by atoms with Crippen molar-refractivity contribution in [3.05, 3.63) is 83.9 Å². The average molecular weight is 408 g/mol. The van der Waals surface area contributed by atoms with Gasteiger partial charge in [0.1, 0.15) is 0 Å². The summed E-state index contributed by atoms with van der Waals surface area (Å²) >= 11 is 0. The Labute approximate surface area is 170 Å². The van der Waals surface area contributed by atoms with Gasteiger partial charge in [-0.25, -0.2) is 0 Å². The van der Waals surface area contributed by atoms with Gasteiger partial charge in [0.2, 0.25) is 10.8 Å². The van der Waals surface area contributed by atoms with Crippen molar-refractivity contribution < 1.29 is 39.6 Å². The molecule has 0 saturated carbocycles. The molecule has 8 heteroatoms. The molecule has 0 atom stereocenters. The van der Waals surface area contributed by atoms with Gasteiger partial charge < -0.3 is 20.4 Å². The highest BCUT2D eigenvalue weighted by atomic mass is 16.4. The molecule has 30 heavy (non-hydrogen) atoms. The molecule has 8 nitrogen and oxygen atoms in total. The molecule has 0 radical (unpaired) electrons. The third kappa shape index (κ3) is 2.61. The largest absolute Gasteiger partial charge is 0.480 e. The van der Waals surface area contributed by atoms with Crippen molar-refractivity contribution in [2.45, 2.75) is 0 Å². The van der Waals surface area contributed by atoms with Gasteiger partial charge in [-0.1, -0.05) is 72.8 Å². The Morgan fingerprint density at radius 3 is 1.43 bits per heavy atom. The molecule has 0 aliphatic heterocycles. The van der Waals surface area contributed by atoms with Crippen molar-refractivity contribution in [2.24, 2.45) is 10.8 Å². The maximum Gasteiger partial charge on any atom is 0.327 e. The summed E-state index contributed by atoms with van der Waals surface area (Å²) in [6, 6.07) is 15.6. The normalized spacial score (nSPS) is 16.7. The van der Waals surface area contributed by atoms with E-state index >= 15 is 0 Å². The van der Waals surface area contributed by atoms with Crippen molar-refractivity contribution >= 4 is 35.0 Å². The van der Waals surface area contributed by atoms with Gasteiger partial charge >= 0.3 is 23.9 Å². The summed E-state index contributed by atoms with van der Waals surface area (Å²) < 4.78 is 0. The zero-order chi connectivity index (χ0) is 22.1. The third-order valence-corrected chi connectivity index (χ3v) is 5.20. The fourth-order valence-electron chi connectivity index (χ4n) is 3.85. The van der Waals surface area contributed by atoms with E-state index in [9.17, 15) is 39.6 Å². The molecule has 1 aliphatic rings. The van der Waals surface area contributed by atoms with E-state index in [0.717, 1.165) is 6.08 Å². The van der Waals surface area contributed by atoms with Crippen LogP contribution in [0.4, 0.5) is 0 Å². The number of benzene rings is 2. The second-order valence-electron chi connectivity index (χ2n) is 6.63. The molecule has 2 aromatic rings. The fourth-order valence-corrected chi connectivity index (χ4v) is 3.85. The smallest absolute Gasteiger partial charge is 0.327 e. The summed E-state index contributed by atoms with van der Waals surface area (Å²) in [6.07, 6.45) is 1.79. The van der Waals surface area contributed by atoms with Gasteiger partial charge in [0.05, 0.1) is 0 Å². The zero-order valence-electron chi connectivity index (χ0n) is 15.4. The van der Waals surface area contributed by atoms with Crippen LogP contribution in [0, 0.1) is 10.8 Å². The first kappa shape index (κ1) is 20.5. The quantitative estimate of drug-likeness (QED) is 0.533. The van der Waals surface area contributed by atoms with Crippen molar-refractivity contribution in [1.29, 1.82) is 0 Å². The van der Waals surface area contributed by atoms with Crippen molar-refractivity contribution in [3.8, 4) is 0 Å². The summed E-state index contributed by atoms with van der Waals surface area (Å²) in [5, 5.41) is 39.9. The van der Waals surface area contributed by atoms with Gasteiger partial charge in [0.25, 0.3) is 0 Å². The highest BCUT2D eigenvalue weighted by molar-refractivity contribution is 6.26. The molecule has 4 N–H and O–H groups in total. The molecule has 152 valence electrons. The predicted molar refractivity (Wildman–Crippen MR) is 104 cm³/mol. The Hall–Kier alpha value is -4.20. The summed E-state index contributed by atoms with van der Waals surface area (Å²) in [4.78, 5) is 49.4. The zero-order valence-corrected chi connectivity index (χ0v) is 15.4. The molecular weight excluding hydrogens is 392 g/mol. The van der Waals surface area contributed by atoms with E-state index in [1.54, 1.807) is 36.4 Å². The van der Waals surface area contributed by atoms with Gasteiger partial charge in [0.15, 0.2) is 0 Å². The predicted octanol–water partition coefficient (Wildman–Crippen LogP) is 2.48. The van der Waals surface area contributed by atoms with Crippen LogP contribution in [0.1, 0.15) is 11.1 Å². The molecule has 0 fully saturated rings. The second-order valence-corrected chi connectivity index (χ2v) is 6.63. The lowest BCUT2D eigenvalue weighted by molar-refractivity contribution is -0.184. The van der Waals surface area contributed by atoms with E-state index in [1.807, 2.05) is 0 Å². The Kier molecular flexibility index (Phi) is 5.01. The molecule has 0 spiro atoms. The molecule has 0 heterocycles. The van der Waals surface area contributed by atoms with Gasteiger partial charge in [-0.2, -0.15) is 0 Å². The van der Waals surface area contributed by atoms with E-state index in [0.29, 0.717) is 11.6 Å². The lowest BCUT2D eigenvalue weighted by atomic mass is 9.54. The SMILES string of the molecule is O=C(O)C1(C(=O)O)C=CC(c2ccccc2)=C(c2ccccc2)C1(C(=O)O)C(=O)O. The summed E-state index contributed by atoms with van der Waals surface area (Å²) in [7, 11) is 0. The minimum Gasteiger partial charge on any atom is -0.480 e. The Bertz CT molecular complexity index is 1070. The number of hydrogen-bond donors (Lipinski definition) is 4. The number of rotatable bonds is 6. The van der Waals surface area contributed by atoms with Crippen molar-refractivity contribution in [2.75, 3.05) is 0 Å². The topological polar surface area (TPSA) is 149 Å². The Morgan fingerprint density at radius 2 is 1.03 bits per heavy atom. The van der Waals surface area contributed by atoms with Crippen molar-refractivity contribution in [3.63, 3.8) is 0 Å². The lowest BCUT2D eigenvalue weighted by Gasteiger charge is -2.42. The minimum absolute atomic E-state index is 0.0809. The summed E-state index contributed by atoms with van der Waals surface area (Å²) in [6.45, 7) is 0. The van der Waals surface area contributed by atoms with Crippen molar-refractivity contribution in [1.82, 2.24) is 0 Å². The standard InChI is InChI=1S/C22H16O8/c23-17(24)21(18(25)26)12-11-15(13-7-3-1-4-8-13)16(14-9-5-2-6-10-14)22(21,19(27)28)20(29)30/h1-12H,(H,23,24)(H,25,26)(H,27,28)(H,29,30). The average Bonchev–Trinajstić information content (AvgIpc) is 2.72. The number of hydrogen-bond acceptors (Lipinski definition) is 4. The summed E-state index contributed by atoms with van der Waals surface area (Å²) in [5.41, 5.74) is -6.47. The Morgan fingerprint density at radius 1 is 0.600 bits per heavy atom. The van der Waals surface area contributed by atoms with Crippen LogP contribution >= 0.6 is 0 Å². The van der Waals surface area contributed by atoms with E-state index in [1.165, 1.54) is 24.3 Å². The van der Waals surface area contributed by atoms with E-state index in [-0.39, 0.29) is 11.1 Å². The van der Waals surface area contributed by atoms with E-state index in [4.69, 9.17) is 0 Å². The highest BCUT2D eigenvalue weighted by Crippen LogP contribution is 2.57. The highest BCUT2D eigenvalue weighted by Gasteiger charge is 2.73. The Balaban J connectivity index is 2.60. The van der Waals surface area contributed by atoms with Crippen LogP contribution in [0.3, 0.4) is 0 Å². The van der Waals surface area contributed by atoms with Crippen LogP contribution in [-0.2, 0) is 19.2 Å². The van der Waals surface area contributed by atoms with Crippen LogP contribution < -0.4 is 0 Å². The molecule has 0 bridgehead atoms. The van der Waals surface area contributed by atoms with Crippen LogP contribution in [0.2, 0.25) is 0 Å². The number of allylic oxidation sites excluding steroid dienone is 2. The summed E-state index contributed by atoms with van der Waals surface area (Å²) in [5.74, 6) is -8.40. The van der Waals surface area contributed by atoms with E-state index in [2.05, 4.69) is 0 Å². The molecule has 0 saturated heterocycles. The lowest BCUT2D eigenvalue weighted by Crippen LogP contribution is -2.61. The first-order valence-electron chi connectivity index (χ1n) is 8.69. The second kappa shape index (κ2) is 7.32. The van der Waals surface area contributed by atoms with Crippen LogP contribution in [0.5, 0.6) is 0 Å². The van der Waals surface area contributed by atoms with Crippen LogP contribution in [0.15, 0.2) is 72.8 Å². The fraction of sp³-hybridized carbons (Fsp3) is 0.0909. The number of aliphatic carboxylic acids is 4. The third-order valence-electron chi connectivity index (χ3n) is 5.20. The number of carboxylic acid groups (broad SMARTS) is 4. The van der Waals surface area contributed by atoms with Crippen LogP contribution in [-0.4, -0.2) is 44.3 Å². The number of carboxylic acids is 4. The molecule has 1 aliphatic carbocycles. The molecule has 2 aromatic carbocycles. The van der Waals surface area contributed by atoms with Crippen LogP contribution in [0.25, 0.3) is 11.1 Å². The molecule has 0 unspecified atom stereocenters. The molecular formula is C22H16O8. The van der Waals surface area contributed by atoms with Gasteiger partial charge in [-0.15, -0.1) is 0 Å². The minimum atomic E-state index is -3.34. The first-order valence-corrected chi connectivity index (χ1v) is 8.69. The van der Waals surface area contributed by atoms with Gasteiger partial charge in [-0.05, 0) is 22.3 Å². The molecule has 3 rings (SSSR count). The molecule has 0 amide bonds. The maximum atomic E-state index is 12.5.